The van der Waals surface area contributed by atoms with Crippen LogP contribution in [0.4, 0.5) is 0 Å². The molecule has 0 atom stereocenters. The molecule has 3 heteroatoms. The molecule has 0 unspecified atom stereocenters. The Labute approximate surface area is 133 Å². The summed E-state index contributed by atoms with van der Waals surface area (Å²) in [4.78, 5) is 0. The molecule has 0 radical (unpaired) electrons. The number of ether oxygens (including phenoxy) is 1. The van der Waals surface area contributed by atoms with E-state index in [1.807, 2.05) is 11.8 Å². The Bertz CT molecular complexity index is 492. The minimum absolute atomic E-state index is 0.0468. The molecule has 2 aliphatic rings. The zero-order chi connectivity index (χ0) is 14.9. The molecule has 0 spiro atoms. The van der Waals surface area contributed by atoms with Crippen LogP contribution in [-0.4, -0.2) is 23.1 Å². The molecule has 1 saturated carbocycles. The summed E-state index contributed by atoms with van der Waals surface area (Å²) in [7, 11) is 0. The van der Waals surface area contributed by atoms with Gasteiger partial charge in [0.1, 0.15) is 11.4 Å². The van der Waals surface area contributed by atoms with Crippen molar-refractivity contribution in [2.24, 2.45) is 0 Å². The fourth-order valence-corrected chi connectivity index (χ4v) is 4.32. The van der Waals surface area contributed by atoms with E-state index < -0.39 is 0 Å². The molecule has 1 aliphatic carbocycles. The summed E-state index contributed by atoms with van der Waals surface area (Å²) in [5.41, 5.74) is 2.64. The summed E-state index contributed by atoms with van der Waals surface area (Å²) in [5, 5.41) is 4.63. The van der Waals surface area contributed by atoms with Crippen molar-refractivity contribution in [3.05, 3.63) is 29.3 Å². The fourth-order valence-electron chi connectivity index (χ4n) is 3.58. The monoisotopic (exact) mass is 305 g/mol. The lowest BCUT2D eigenvalue weighted by Crippen LogP contribution is -2.33. The van der Waals surface area contributed by atoms with Crippen molar-refractivity contribution >= 4 is 11.8 Å². The first-order valence-corrected chi connectivity index (χ1v) is 9.42. The summed E-state index contributed by atoms with van der Waals surface area (Å²) < 4.78 is 6.16. The van der Waals surface area contributed by atoms with Crippen LogP contribution >= 0.6 is 11.8 Å². The predicted molar refractivity (Wildman–Crippen MR) is 91.3 cm³/mol. The molecule has 0 amide bonds. The van der Waals surface area contributed by atoms with Crippen LogP contribution < -0.4 is 10.1 Å². The number of nitrogens with one attached hydrogen (secondary N) is 1. The van der Waals surface area contributed by atoms with E-state index in [1.54, 1.807) is 0 Å². The first-order chi connectivity index (χ1) is 10.1. The lowest BCUT2D eigenvalue weighted by atomic mass is 9.94. The Balaban J connectivity index is 1.59. The minimum atomic E-state index is -0.0468. The lowest BCUT2D eigenvalue weighted by Gasteiger charge is -2.28. The van der Waals surface area contributed by atoms with Crippen molar-refractivity contribution in [3.63, 3.8) is 0 Å². The van der Waals surface area contributed by atoms with Crippen LogP contribution in [0.25, 0.3) is 0 Å². The molecule has 1 heterocycles. The molecule has 0 bridgehead atoms. The van der Waals surface area contributed by atoms with E-state index in [0.717, 1.165) is 24.0 Å². The Kier molecular flexibility index (Phi) is 4.51. The largest absolute Gasteiger partial charge is 0.487 e. The van der Waals surface area contributed by atoms with Gasteiger partial charge in [-0.3, -0.25) is 0 Å². The summed E-state index contributed by atoms with van der Waals surface area (Å²) in [6, 6.07) is 7.27. The van der Waals surface area contributed by atoms with E-state index in [0.29, 0.717) is 6.04 Å². The number of hydrogen-bond acceptors (Lipinski definition) is 3. The molecule has 1 aromatic rings. The van der Waals surface area contributed by atoms with Crippen molar-refractivity contribution < 1.29 is 4.74 Å². The van der Waals surface area contributed by atoms with Crippen LogP contribution in [0.1, 0.15) is 50.7 Å². The van der Waals surface area contributed by atoms with Gasteiger partial charge in [-0.25, -0.2) is 0 Å². The summed E-state index contributed by atoms with van der Waals surface area (Å²) >= 11 is 2.03. The molecular formula is C18H27NOS. The second-order valence-corrected chi connectivity index (χ2v) is 8.17. The van der Waals surface area contributed by atoms with Gasteiger partial charge in [0.25, 0.3) is 0 Å². The molecule has 116 valence electrons. The predicted octanol–water partition coefficient (Wildman–Crippen LogP) is 4.16. The number of fused-ring (bicyclic) bond motifs is 1. The number of para-hydroxylation sites is 1. The van der Waals surface area contributed by atoms with Crippen LogP contribution in [0.2, 0.25) is 0 Å². The Morgan fingerprint density at radius 2 is 2.00 bits per heavy atom. The average Bonchev–Trinajstić information content (AvgIpc) is 2.80. The zero-order valence-corrected chi connectivity index (χ0v) is 14.3. The molecule has 2 nitrogen and oxygen atoms in total. The second-order valence-electron chi connectivity index (χ2n) is 7.03. The Morgan fingerprint density at radius 1 is 1.24 bits per heavy atom. The third-order valence-corrected chi connectivity index (χ3v) is 5.90. The minimum Gasteiger partial charge on any atom is -0.487 e. The summed E-state index contributed by atoms with van der Waals surface area (Å²) in [6.07, 6.45) is 8.60. The Hall–Kier alpha value is -0.670. The maximum Gasteiger partial charge on any atom is 0.127 e. The van der Waals surface area contributed by atoms with Crippen LogP contribution in [0.15, 0.2) is 18.2 Å². The highest BCUT2D eigenvalue weighted by molar-refractivity contribution is 7.99. The quantitative estimate of drug-likeness (QED) is 0.902. The number of rotatable bonds is 4. The Morgan fingerprint density at radius 3 is 2.71 bits per heavy atom. The summed E-state index contributed by atoms with van der Waals surface area (Å²) in [5.74, 6) is 1.13. The zero-order valence-electron chi connectivity index (χ0n) is 13.4. The van der Waals surface area contributed by atoms with Gasteiger partial charge in [0, 0.05) is 29.8 Å². The van der Waals surface area contributed by atoms with E-state index in [1.165, 1.54) is 36.8 Å². The first-order valence-electron chi connectivity index (χ1n) is 8.13. The highest BCUT2D eigenvalue weighted by Crippen LogP contribution is 2.37. The van der Waals surface area contributed by atoms with E-state index >= 15 is 0 Å². The molecule has 1 fully saturated rings. The van der Waals surface area contributed by atoms with Crippen LogP contribution in [0.5, 0.6) is 5.75 Å². The fraction of sp³-hybridized carbons (Fsp3) is 0.667. The van der Waals surface area contributed by atoms with Crippen molar-refractivity contribution in [3.8, 4) is 5.75 Å². The number of hydrogen-bond donors (Lipinski definition) is 1. The second kappa shape index (κ2) is 6.21. The van der Waals surface area contributed by atoms with Gasteiger partial charge in [-0.05, 0) is 51.3 Å². The first kappa shape index (κ1) is 15.2. The van der Waals surface area contributed by atoms with Gasteiger partial charge in [-0.1, -0.05) is 18.2 Å². The van der Waals surface area contributed by atoms with Gasteiger partial charge < -0.3 is 10.1 Å². The smallest absolute Gasteiger partial charge is 0.127 e. The van der Waals surface area contributed by atoms with E-state index in [-0.39, 0.29) is 5.60 Å². The van der Waals surface area contributed by atoms with E-state index in [4.69, 9.17) is 4.74 Å². The third kappa shape index (κ3) is 3.57. The van der Waals surface area contributed by atoms with Gasteiger partial charge in [-0.2, -0.15) is 11.8 Å². The van der Waals surface area contributed by atoms with E-state index in [2.05, 4.69) is 43.6 Å². The van der Waals surface area contributed by atoms with Crippen molar-refractivity contribution in [1.82, 2.24) is 5.32 Å². The third-order valence-electron chi connectivity index (χ3n) is 4.76. The van der Waals surface area contributed by atoms with Gasteiger partial charge >= 0.3 is 0 Å². The maximum atomic E-state index is 6.16. The highest BCUT2D eigenvalue weighted by Gasteiger charge is 2.31. The van der Waals surface area contributed by atoms with E-state index in [9.17, 15) is 0 Å². The molecule has 0 saturated heterocycles. The van der Waals surface area contributed by atoms with Crippen LogP contribution in [0, 0.1) is 0 Å². The molecule has 1 N–H and O–H groups in total. The normalized spacial score (nSPS) is 27.2. The van der Waals surface area contributed by atoms with Gasteiger partial charge in [0.05, 0.1) is 0 Å². The molecule has 21 heavy (non-hydrogen) atoms. The molecular weight excluding hydrogens is 278 g/mol. The van der Waals surface area contributed by atoms with Crippen LogP contribution in [0.3, 0.4) is 0 Å². The molecule has 0 aromatic heterocycles. The van der Waals surface area contributed by atoms with Crippen molar-refractivity contribution in [1.29, 1.82) is 0 Å². The summed E-state index contributed by atoms with van der Waals surface area (Å²) in [6.45, 7) is 5.29. The van der Waals surface area contributed by atoms with Crippen molar-refractivity contribution in [2.75, 3.05) is 6.26 Å². The van der Waals surface area contributed by atoms with Gasteiger partial charge in [0.15, 0.2) is 0 Å². The SMILES string of the molecule is CSC1CCC(NCc2cccc3c2OC(C)(C)C3)CC1. The average molecular weight is 305 g/mol. The molecule has 1 aliphatic heterocycles. The molecule has 1 aromatic carbocycles. The van der Waals surface area contributed by atoms with Gasteiger partial charge in [0.2, 0.25) is 0 Å². The number of thioether (sulfide) groups is 1. The highest BCUT2D eigenvalue weighted by atomic mass is 32.2. The van der Waals surface area contributed by atoms with Crippen LogP contribution in [-0.2, 0) is 13.0 Å². The number of benzene rings is 1. The molecule has 3 rings (SSSR count). The lowest BCUT2D eigenvalue weighted by molar-refractivity contribution is 0.137. The standard InChI is InChI=1S/C18H27NOS/c1-18(2)11-13-5-4-6-14(17(13)20-18)12-19-15-7-9-16(21-3)10-8-15/h4-6,15-16,19H,7-12H2,1-3H3. The van der Waals surface area contributed by atoms with Crippen molar-refractivity contribution in [2.45, 2.75) is 69.4 Å². The maximum absolute atomic E-state index is 6.16. The van der Waals surface area contributed by atoms with Gasteiger partial charge in [-0.15, -0.1) is 0 Å². The topological polar surface area (TPSA) is 21.3 Å².